The Morgan fingerprint density at radius 1 is 1.35 bits per heavy atom. The molecule has 1 aromatic rings. The van der Waals surface area contributed by atoms with Gasteiger partial charge in [0.25, 0.3) is 0 Å². The van der Waals surface area contributed by atoms with Gasteiger partial charge in [-0.2, -0.15) is 0 Å². The summed E-state index contributed by atoms with van der Waals surface area (Å²) in [5.74, 6) is 0. The summed E-state index contributed by atoms with van der Waals surface area (Å²) >= 11 is 0. The average molecular weight is 229 g/mol. The number of hydrogen-bond donors (Lipinski definition) is 0. The Kier molecular flexibility index (Phi) is 2.39. The second kappa shape index (κ2) is 3.91. The topological polar surface area (TPSA) is 29.5 Å². The van der Waals surface area contributed by atoms with Crippen LogP contribution < -0.4 is 0 Å². The van der Waals surface area contributed by atoms with Crippen LogP contribution in [-0.2, 0) is 11.2 Å². The molecular weight excluding hydrogens is 214 g/mol. The van der Waals surface area contributed by atoms with E-state index in [-0.39, 0.29) is 12.1 Å². The molecule has 0 N–H and O–H groups in total. The van der Waals surface area contributed by atoms with E-state index in [1.165, 1.54) is 11.1 Å². The number of nitrogens with zero attached hydrogens (tertiary/aromatic N) is 1. The molecule has 0 aromatic heterocycles. The van der Waals surface area contributed by atoms with Crippen LogP contribution >= 0.6 is 0 Å². The van der Waals surface area contributed by atoms with Crippen molar-refractivity contribution in [1.29, 1.82) is 0 Å². The fraction of sp³-hybridized carbons (Fsp3) is 0.357. The molecule has 2 aliphatic heterocycles. The first-order valence-electron chi connectivity index (χ1n) is 5.94. The van der Waals surface area contributed by atoms with Crippen molar-refractivity contribution in [2.75, 3.05) is 6.61 Å². The van der Waals surface area contributed by atoms with Gasteiger partial charge in [0.1, 0.15) is 6.61 Å². The van der Waals surface area contributed by atoms with Crippen LogP contribution in [0, 0.1) is 0 Å². The van der Waals surface area contributed by atoms with Crippen molar-refractivity contribution in [1.82, 2.24) is 4.90 Å². The summed E-state index contributed by atoms with van der Waals surface area (Å²) in [4.78, 5) is 13.5. The molecule has 0 aliphatic carbocycles. The second-order valence-electron chi connectivity index (χ2n) is 4.69. The maximum atomic E-state index is 11.7. The molecule has 2 heterocycles. The summed E-state index contributed by atoms with van der Waals surface area (Å²) in [7, 11) is 0. The predicted molar refractivity (Wildman–Crippen MR) is 64.4 cm³/mol. The molecule has 17 heavy (non-hydrogen) atoms. The Hall–Kier alpha value is -1.77. The Balaban J connectivity index is 1.87. The van der Waals surface area contributed by atoms with Crippen LogP contribution in [0.15, 0.2) is 41.6 Å². The number of amides is 1. The predicted octanol–water partition coefficient (Wildman–Crippen LogP) is 2.73. The molecule has 2 aliphatic rings. The SMILES string of the molecule is CC1=C(Cc2ccccc2)N2C(=O)OC[C@H]2C1. The smallest absolute Gasteiger partial charge is 0.414 e. The van der Waals surface area contributed by atoms with Crippen LogP contribution in [0.2, 0.25) is 0 Å². The summed E-state index contributed by atoms with van der Waals surface area (Å²) in [6.45, 7) is 2.65. The van der Waals surface area contributed by atoms with Crippen molar-refractivity contribution in [3.05, 3.63) is 47.2 Å². The van der Waals surface area contributed by atoms with Crippen molar-refractivity contribution in [3.63, 3.8) is 0 Å². The molecule has 1 aromatic carbocycles. The lowest BCUT2D eigenvalue weighted by molar-refractivity contribution is 0.164. The van der Waals surface area contributed by atoms with Gasteiger partial charge in [0.05, 0.1) is 6.04 Å². The minimum Gasteiger partial charge on any atom is -0.447 e. The molecule has 88 valence electrons. The van der Waals surface area contributed by atoms with Crippen molar-refractivity contribution >= 4 is 6.09 Å². The molecular formula is C14H15NO2. The fourth-order valence-electron chi connectivity index (χ4n) is 2.64. The molecule has 3 rings (SSSR count). The first kappa shape index (κ1) is 10.4. The third kappa shape index (κ3) is 1.71. The van der Waals surface area contributed by atoms with E-state index in [9.17, 15) is 4.79 Å². The standard InChI is InChI=1S/C14H15NO2/c1-10-7-12-9-17-14(16)15(12)13(10)8-11-5-3-2-4-6-11/h2-6,12H,7-9H2,1H3/t12-/m1/s1. The van der Waals surface area contributed by atoms with Gasteiger partial charge < -0.3 is 4.74 Å². The largest absolute Gasteiger partial charge is 0.447 e. The van der Waals surface area contributed by atoms with Crippen LogP contribution in [0.25, 0.3) is 0 Å². The lowest BCUT2D eigenvalue weighted by Gasteiger charge is -2.17. The van der Waals surface area contributed by atoms with Gasteiger partial charge in [0, 0.05) is 12.1 Å². The highest BCUT2D eigenvalue weighted by Crippen LogP contribution is 2.34. The van der Waals surface area contributed by atoms with Gasteiger partial charge >= 0.3 is 6.09 Å². The number of rotatable bonds is 2. The zero-order valence-corrected chi connectivity index (χ0v) is 9.85. The van der Waals surface area contributed by atoms with E-state index in [1.807, 2.05) is 23.1 Å². The summed E-state index contributed by atoms with van der Waals surface area (Å²) < 4.78 is 5.09. The lowest BCUT2D eigenvalue weighted by atomic mass is 10.1. The van der Waals surface area contributed by atoms with E-state index in [2.05, 4.69) is 19.1 Å². The number of cyclic esters (lactones) is 1. The molecule has 0 bridgehead atoms. The quantitative estimate of drug-likeness (QED) is 0.780. The Labute approximate surface area is 101 Å². The van der Waals surface area contributed by atoms with Crippen LogP contribution in [-0.4, -0.2) is 23.6 Å². The number of carbonyl (C=O) groups excluding carboxylic acids is 1. The fourth-order valence-corrected chi connectivity index (χ4v) is 2.64. The maximum Gasteiger partial charge on any atom is 0.414 e. The van der Waals surface area contributed by atoms with Crippen molar-refractivity contribution in [2.45, 2.75) is 25.8 Å². The average Bonchev–Trinajstić information content (AvgIpc) is 2.83. The summed E-state index contributed by atoms with van der Waals surface area (Å²) in [6, 6.07) is 10.5. The molecule has 0 saturated carbocycles. The third-order valence-corrected chi connectivity index (χ3v) is 3.50. The van der Waals surface area contributed by atoms with Gasteiger partial charge in [0.2, 0.25) is 0 Å². The van der Waals surface area contributed by atoms with Gasteiger partial charge in [0.15, 0.2) is 0 Å². The highest BCUT2D eigenvalue weighted by atomic mass is 16.6. The molecule has 1 saturated heterocycles. The summed E-state index contributed by atoms with van der Waals surface area (Å²) in [5, 5.41) is 0. The number of fused-ring (bicyclic) bond motifs is 1. The van der Waals surface area contributed by atoms with E-state index >= 15 is 0 Å². The highest BCUT2D eigenvalue weighted by Gasteiger charge is 2.40. The van der Waals surface area contributed by atoms with Crippen molar-refractivity contribution < 1.29 is 9.53 Å². The van der Waals surface area contributed by atoms with Crippen LogP contribution in [0.1, 0.15) is 18.9 Å². The van der Waals surface area contributed by atoms with E-state index < -0.39 is 0 Å². The summed E-state index contributed by atoms with van der Waals surface area (Å²) in [5.41, 5.74) is 3.68. The van der Waals surface area contributed by atoms with E-state index in [1.54, 1.807) is 0 Å². The Morgan fingerprint density at radius 3 is 2.88 bits per heavy atom. The third-order valence-electron chi connectivity index (χ3n) is 3.50. The number of ether oxygens (including phenoxy) is 1. The Bertz CT molecular complexity index is 478. The van der Waals surface area contributed by atoms with E-state index in [0.717, 1.165) is 18.5 Å². The first-order valence-corrected chi connectivity index (χ1v) is 5.94. The molecule has 1 fully saturated rings. The second-order valence-corrected chi connectivity index (χ2v) is 4.69. The van der Waals surface area contributed by atoms with Crippen molar-refractivity contribution in [3.8, 4) is 0 Å². The first-order chi connectivity index (χ1) is 8.25. The molecule has 0 radical (unpaired) electrons. The zero-order valence-electron chi connectivity index (χ0n) is 9.85. The monoisotopic (exact) mass is 229 g/mol. The van der Waals surface area contributed by atoms with E-state index in [4.69, 9.17) is 4.74 Å². The van der Waals surface area contributed by atoms with Gasteiger partial charge in [-0.25, -0.2) is 4.79 Å². The summed E-state index contributed by atoms with van der Waals surface area (Å²) in [6.07, 6.45) is 1.59. The molecule has 1 amide bonds. The normalized spacial score (nSPS) is 23.0. The van der Waals surface area contributed by atoms with Gasteiger partial charge in [-0.15, -0.1) is 0 Å². The van der Waals surface area contributed by atoms with Crippen LogP contribution in [0.5, 0.6) is 0 Å². The van der Waals surface area contributed by atoms with E-state index in [0.29, 0.717) is 6.61 Å². The van der Waals surface area contributed by atoms with Crippen LogP contribution in [0.4, 0.5) is 4.79 Å². The lowest BCUT2D eigenvalue weighted by Crippen LogP contribution is -2.28. The van der Waals surface area contributed by atoms with Gasteiger partial charge in [-0.05, 0) is 18.9 Å². The van der Waals surface area contributed by atoms with Gasteiger partial charge in [-0.1, -0.05) is 35.9 Å². The molecule has 3 nitrogen and oxygen atoms in total. The number of hydrogen-bond acceptors (Lipinski definition) is 2. The molecule has 0 spiro atoms. The van der Waals surface area contributed by atoms with Crippen molar-refractivity contribution in [2.24, 2.45) is 0 Å². The van der Waals surface area contributed by atoms with Gasteiger partial charge in [-0.3, -0.25) is 4.90 Å². The maximum absolute atomic E-state index is 11.7. The number of benzene rings is 1. The highest BCUT2D eigenvalue weighted by molar-refractivity contribution is 5.74. The minimum absolute atomic E-state index is 0.183. The molecule has 3 heteroatoms. The molecule has 1 atom stereocenters. The zero-order chi connectivity index (χ0) is 11.8. The Morgan fingerprint density at radius 2 is 2.12 bits per heavy atom. The molecule has 0 unspecified atom stereocenters. The minimum atomic E-state index is -0.183. The van der Waals surface area contributed by atoms with Crippen LogP contribution in [0.3, 0.4) is 0 Å². The number of allylic oxidation sites excluding steroid dienone is 1. The number of carbonyl (C=O) groups is 1.